The minimum absolute atomic E-state index is 0.563. The van der Waals surface area contributed by atoms with Gasteiger partial charge in [0.1, 0.15) is 11.3 Å². The first-order chi connectivity index (χ1) is 9.19. The predicted molar refractivity (Wildman–Crippen MR) is 79.3 cm³/mol. The molecule has 2 unspecified atom stereocenters. The zero-order valence-electron chi connectivity index (χ0n) is 11.1. The van der Waals surface area contributed by atoms with Crippen LogP contribution in [0.2, 0.25) is 0 Å². The van der Waals surface area contributed by atoms with Crippen molar-refractivity contribution in [1.82, 2.24) is 9.38 Å². The maximum atomic E-state index is 11.4. The SMILES string of the molecule is CC1CN(c2nc3ccccn3c2C=O)CC(C)S1. The monoisotopic (exact) mass is 275 g/mol. The smallest absolute Gasteiger partial charge is 0.170 e. The molecule has 4 nitrogen and oxygen atoms in total. The average molecular weight is 275 g/mol. The molecule has 0 aliphatic carbocycles. The van der Waals surface area contributed by atoms with Gasteiger partial charge in [0.2, 0.25) is 0 Å². The van der Waals surface area contributed by atoms with E-state index in [1.165, 1.54) is 0 Å². The van der Waals surface area contributed by atoms with Gasteiger partial charge < -0.3 is 4.90 Å². The number of carbonyl (C=O) groups excluding carboxylic acids is 1. The molecule has 0 bridgehead atoms. The molecule has 2 atom stereocenters. The molecule has 0 N–H and O–H groups in total. The number of imidazole rings is 1. The predicted octanol–water partition coefficient (Wildman–Crippen LogP) is 2.48. The lowest BCUT2D eigenvalue weighted by Crippen LogP contribution is -2.41. The first-order valence-corrected chi connectivity index (χ1v) is 7.46. The number of hydrogen-bond donors (Lipinski definition) is 0. The van der Waals surface area contributed by atoms with E-state index >= 15 is 0 Å². The van der Waals surface area contributed by atoms with Crippen molar-refractivity contribution in [1.29, 1.82) is 0 Å². The summed E-state index contributed by atoms with van der Waals surface area (Å²) >= 11 is 2.00. The highest BCUT2D eigenvalue weighted by Crippen LogP contribution is 2.29. The zero-order chi connectivity index (χ0) is 13.4. The number of anilines is 1. The van der Waals surface area contributed by atoms with Gasteiger partial charge in [-0.1, -0.05) is 19.9 Å². The Morgan fingerprint density at radius 1 is 1.32 bits per heavy atom. The van der Waals surface area contributed by atoms with Crippen LogP contribution < -0.4 is 4.90 Å². The summed E-state index contributed by atoms with van der Waals surface area (Å²) in [5.74, 6) is 0.820. The lowest BCUT2D eigenvalue weighted by Gasteiger charge is -2.35. The molecule has 2 aromatic rings. The van der Waals surface area contributed by atoms with Crippen LogP contribution in [-0.4, -0.2) is 39.3 Å². The Balaban J connectivity index is 2.06. The topological polar surface area (TPSA) is 37.6 Å². The molecular weight excluding hydrogens is 258 g/mol. The van der Waals surface area contributed by atoms with E-state index in [1.54, 1.807) is 0 Å². The Bertz CT molecular complexity index is 600. The number of fused-ring (bicyclic) bond motifs is 1. The molecule has 19 heavy (non-hydrogen) atoms. The van der Waals surface area contributed by atoms with Gasteiger partial charge in [0, 0.05) is 29.8 Å². The van der Waals surface area contributed by atoms with Crippen LogP contribution in [0.3, 0.4) is 0 Å². The van der Waals surface area contributed by atoms with Crippen LogP contribution >= 0.6 is 11.8 Å². The molecule has 5 heteroatoms. The molecule has 1 fully saturated rings. The van der Waals surface area contributed by atoms with Crippen molar-refractivity contribution in [3.05, 3.63) is 30.1 Å². The lowest BCUT2D eigenvalue weighted by molar-refractivity contribution is 0.111. The summed E-state index contributed by atoms with van der Waals surface area (Å²) in [6, 6.07) is 5.79. The van der Waals surface area contributed by atoms with Crippen molar-refractivity contribution in [3.8, 4) is 0 Å². The van der Waals surface area contributed by atoms with Gasteiger partial charge in [0.15, 0.2) is 12.1 Å². The van der Waals surface area contributed by atoms with Gasteiger partial charge in [0.05, 0.1) is 0 Å². The van der Waals surface area contributed by atoms with Gasteiger partial charge >= 0.3 is 0 Å². The molecule has 3 rings (SSSR count). The third kappa shape index (κ3) is 2.23. The number of aldehydes is 1. The molecule has 0 radical (unpaired) electrons. The van der Waals surface area contributed by atoms with E-state index in [0.717, 1.165) is 30.8 Å². The third-order valence-electron chi connectivity index (χ3n) is 3.38. The van der Waals surface area contributed by atoms with E-state index in [2.05, 4.69) is 23.7 Å². The highest BCUT2D eigenvalue weighted by atomic mass is 32.2. The van der Waals surface area contributed by atoms with Crippen LogP contribution in [0.5, 0.6) is 0 Å². The number of pyridine rings is 1. The molecule has 0 saturated carbocycles. The second kappa shape index (κ2) is 4.89. The van der Waals surface area contributed by atoms with Crippen molar-refractivity contribution in [2.24, 2.45) is 0 Å². The fourth-order valence-electron chi connectivity index (χ4n) is 2.70. The van der Waals surface area contributed by atoms with Gasteiger partial charge in [-0.05, 0) is 12.1 Å². The van der Waals surface area contributed by atoms with E-state index in [0.29, 0.717) is 16.2 Å². The van der Waals surface area contributed by atoms with Crippen LogP contribution in [0, 0.1) is 0 Å². The average Bonchev–Trinajstić information content (AvgIpc) is 2.76. The van der Waals surface area contributed by atoms with Gasteiger partial charge in [-0.3, -0.25) is 9.20 Å². The van der Waals surface area contributed by atoms with E-state index < -0.39 is 0 Å². The van der Waals surface area contributed by atoms with Gasteiger partial charge in [-0.2, -0.15) is 11.8 Å². The zero-order valence-corrected chi connectivity index (χ0v) is 11.9. The summed E-state index contributed by atoms with van der Waals surface area (Å²) in [6.07, 6.45) is 2.80. The van der Waals surface area contributed by atoms with Crippen LogP contribution in [-0.2, 0) is 0 Å². The molecule has 0 amide bonds. The second-order valence-corrected chi connectivity index (χ2v) is 6.91. The quantitative estimate of drug-likeness (QED) is 0.789. The Morgan fingerprint density at radius 3 is 2.74 bits per heavy atom. The van der Waals surface area contributed by atoms with Crippen LogP contribution in [0.1, 0.15) is 24.3 Å². The summed E-state index contributed by atoms with van der Waals surface area (Å²) in [5.41, 5.74) is 1.49. The molecule has 1 aliphatic rings. The number of hydrogen-bond acceptors (Lipinski definition) is 4. The molecule has 0 aromatic carbocycles. The second-order valence-electron chi connectivity index (χ2n) is 5.03. The molecule has 0 spiro atoms. The molecule has 100 valence electrons. The number of aromatic nitrogens is 2. The fraction of sp³-hybridized carbons (Fsp3) is 0.429. The number of carbonyl (C=O) groups is 1. The van der Waals surface area contributed by atoms with E-state index in [-0.39, 0.29) is 0 Å². The van der Waals surface area contributed by atoms with Crippen LogP contribution in [0.25, 0.3) is 5.65 Å². The summed E-state index contributed by atoms with van der Waals surface area (Å²) < 4.78 is 1.86. The van der Waals surface area contributed by atoms with Crippen molar-refractivity contribution in [3.63, 3.8) is 0 Å². The van der Waals surface area contributed by atoms with E-state index in [9.17, 15) is 4.79 Å². The highest BCUT2D eigenvalue weighted by Gasteiger charge is 2.26. The van der Waals surface area contributed by atoms with Crippen LogP contribution in [0.15, 0.2) is 24.4 Å². The van der Waals surface area contributed by atoms with E-state index in [4.69, 9.17) is 0 Å². The first kappa shape index (κ1) is 12.5. The summed E-state index contributed by atoms with van der Waals surface area (Å²) in [7, 11) is 0. The number of nitrogens with zero attached hydrogens (tertiary/aromatic N) is 3. The standard InChI is InChI=1S/C14H17N3OS/c1-10-7-16(8-11(2)19-10)14-12(9-18)17-6-4-3-5-13(17)15-14/h3-6,9-11H,7-8H2,1-2H3. The van der Waals surface area contributed by atoms with Gasteiger partial charge in [0.25, 0.3) is 0 Å². The Hall–Kier alpha value is -1.49. The fourth-order valence-corrected chi connectivity index (χ4v) is 4.02. The maximum Gasteiger partial charge on any atom is 0.170 e. The Morgan fingerprint density at radius 2 is 2.05 bits per heavy atom. The Labute approximate surface area is 116 Å². The van der Waals surface area contributed by atoms with Crippen LogP contribution in [0.4, 0.5) is 5.82 Å². The molecule has 2 aromatic heterocycles. The first-order valence-electron chi connectivity index (χ1n) is 6.51. The molecular formula is C14H17N3OS. The van der Waals surface area contributed by atoms with Crippen molar-refractivity contribution < 1.29 is 4.79 Å². The minimum atomic E-state index is 0.563. The third-order valence-corrected chi connectivity index (χ3v) is 4.61. The highest BCUT2D eigenvalue weighted by molar-refractivity contribution is 8.00. The molecule has 3 heterocycles. The van der Waals surface area contributed by atoms with E-state index in [1.807, 2.05) is 40.6 Å². The largest absolute Gasteiger partial charge is 0.353 e. The molecule has 1 aliphatic heterocycles. The van der Waals surface area contributed by atoms with Crippen molar-refractivity contribution in [2.45, 2.75) is 24.3 Å². The number of rotatable bonds is 2. The number of thioether (sulfide) groups is 1. The molecule has 1 saturated heterocycles. The minimum Gasteiger partial charge on any atom is -0.353 e. The van der Waals surface area contributed by atoms with Gasteiger partial charge in [-0.25, -0.2) is 4.98 Å². The summed E-state index contributed by atoms with van der Waals surface area (Å²) in [4.78, 5) is 18.3. The lowest BCUT2D eigenvalue weighted by atomic mass is 10.3. The summed E-state index contributed by atoms with van der Waals surface area (Å²) in [5, 5.41) is 1.13. The Kier molecular flexibility index (Phi) is 3.22. The van der Waals surface area contributed by atoms with Gasteiger partial charge in [-0.15, -0.1) is 0 Å². The normalized spacial score (nSPS) is 23.8. The van der Waals surface area contributed by atoms with Crippen molar-refractivity contribution in [2.75, 3.05) is 18.0 Å². The maximum absolute atomic E-state index is 11.4. The summed E-state index contributed by atoms with van der Waals surface area (Å²) in [6.45, 7) is 6.34. The van der Waals surface area contributed by atoms with Crippen molar-refractivity contribution >= 4 is 29.5 Å².